The Balaban J connectivity index is 1.60. The van der Waals surface area contributed by atoms with Crippen LogP contribution in [0.5, 0.6) is 5.75 Å². The first-order valence-corrected chi connectivity index (χ1v) is 7.96. The summed E-state index contributed by atoms with van der Waals surface area (Å²) < 4.78 is 5.24. The largest absolute Gasteiger partial charge is 0.496 e. The molecule has 0 fully saturated rings. The Morgan fingerprint density at radius 3 is 2.88 bits per heavy atom. The Bertz CT molecular complexity index is 743. The van der Waals surface area contributed by atoms with E-state index in [1.165, 1.54) is 5.56 Å². The van der Waals surface area contributed by atoms with Crippen LogP contribution in [0.1, 0.15) is 17.5 Å². The number of methoxy groups -OCH3 is 1. The van der Waals surface area contributed by atoms with Crippen LogP contribution in [-0.2, 0) is 16.1 Å². The number of benzene rings is 2. The zero-order valence-corrected chi connectivity index (χ0v) is 13.6. The molecule has 0 saturated carbocycles. The summed E-state index contributed by atoms with van der Waals surface area (Å²) in [5.41, 5.74) is 2.98. The average Bonchev–Trinajstić information content (AvgIpc) is 2.65. The van der Waals surface area contributed by atoms with Crippen LogP contribution >= 0.6 is 0 Å². The van der Waals surface area contributed by atoms with E-state index in [-0.39, 0.29) is 12.5 Å². The first-order chi connectivity index (χ1) is 11.8. The lowest BCUT2D eigenvalue weighted by Crippen LogP contribution is -2.37. The molecule has 5 heteroatoms. The molecule has 124 valence electrons. The van der Waals surface area contributed by atoms with Crippen LogP contribution in [0.3, 0.4) is 0 Å². The van der Waals surface area contributed by atoms with Crippen LogP contribution in [0.15, 0.2) is 53.7 Å². The predicted octanol–water partition coefficient (Wildman–Crippen LogP) is 3.03. The van der Waals surface area contributed by atoms with Crippen molar-refractivity contribution in [2.75, 3.05) is 25.2 Å². The summed E-state index contributed by atoms with van der Waals surface area (Å²) in [6.45, 7) is 0.634. The third kappa shape index (κ3) is 3.56. The maximum absolute atomic E-state index is 12.4. The lowest BCUT2D eigenvalue weighted by molar-refractivity contribution is -0.123. The fourth-order valence-corrected chi connectivity index (χ4v) is 2.83. The molecule has 0 aliphatic carbocycles. The molecule has 0 saturated heterocycles. The molecule has 5 nitrogen and oxygen atoms in total. The monoisotopic (exact) mass is 324 g/mol. The zero-order valence-electron chi connectivity index (χ0n) is 13.6. The molecule has 0 radical (unpaired) electrons. The summed E-state index contributed by atoms with van der Waals surface area (Å²) in [6.07, 6.45) is 3.52. The first-order valence-electron chi connectivity index (χ1n) is 7.96. The summed E-state index contributed by atoms with van der Waals surface area (Å²) in [4.78, 5) is 19.4. The van der Waals surface area contributed by atoms with Crippen LogP contribution in [0.4, 0.5) is 5.69 Å². The minimum Gasteiger partial charge on any atom is -0.496 e. The number of amides is 1. The third-order valence-electron chi connectivity index (χ3n) is 4.00. The molecule has 1 amide bonds. The number of rotatable bonds is 5. The van der Waals surface area contributed by atoms with Gasteiger partial charge < -0.3 is 14.5 Å². The summed E-state index contributed by atoms with van der Waals surface area (Å²) in [5, 5.41) is 3.89. The SMILES string of the molecule is COc1ccccc1/C=N\OCC(=O)N1CCCc2ccccc21. The Morgan fingerprint density at radius 2 is 2.00 bits per heavy atom. The van der Waals surface area contributed by atoms with Gasteiger partial charge in [-0.3, -0.25) is 4.79 Å². The second-order valence-corrected chi connectivity index (χ2v) is 5.53. The quantitative estimate of drug-likeness (QED) is 0.627. The number of aryl methyl sites for hydroxylation is 1. The Kier molecular flexibility index (Phi) is 5.11. The number of carbonyl (C=O) groups excluding carboxylic acids is 1. The Hall–Kier alpha value is -2.82. The fourth-order valence-electron chi connectivity index (χ4n) is 2.83. The molecule has 1 heterocycles. The van der Waals surface area contributed by atoms with Crippen molar-refractivity contribution in [3.05, 3.63) is 59.7 Å². The van der Waals surface area contributed by atoms with E-state index in [2.05, 4.69) is 11.2 Å². The van der Waals surface area contributed by atoms with E-state index < -0.39 is 0 Å². The number of ether oxygens (including phenoxy) is 1. The number of anilines is 1. The van der Waals surface area contributed by atoms with Crippen molar-refractivity contribution in [1.82, 2.24) is 0 Å². The molecule has 0 unspecified atom stereocenters. The van der Waals surface area contributed by atoms with Gasteiger partial charge in [0, 0.05) is 17.8 Å². The summed E-state index contributed by atoms with van der Waals surface area (Å²) in [5.74, 6) is 0.625. The molecular weight excluding hydrogens is 304 g/mol. The van der Waals surface area contributed by atoms with E-state index in [4.69, 9.17) is 9.57 Å². The van der Waals surface area contributed by atoms with Gasteiger partial charge in [-0.1, -0.05) is 35.5 Å². The molecule has 24 heavy (non-hydrogen) atoms. The third-order valence-corrected chi connectivity index (χ3v) is 4.00. The van der Waals surface area contributed by atoms with Gasteiger partial charge in [0.15, 0.2) is 6.61 Å². The number of carbonyl (C=O) groups is 1. The standard InChI is InChI=1S/C19H20N2O3/c1-23-18-11-5-3-8-16(18)13-20-24-14-19(22)21-12-6-9-15-7-2-4-10-17(15)21/h2-5,7-8,10-11,13H,6,9,12,14H2,1H3/b20-13-. The van der Waals surface area contributed by atoms with Crippen LogP contribution < -0.4 is 9.64 Å². The Labute approximate surface area is 141 Å². The predicted molar refractivity (Wildman–Crippen MR) is 93.7 cm³/mol. The maximum atomic E-state index is 12.4. The number of fused-ring (bicyclic) bond motifs is 1. The van der Waals surface area contributed by atoms with Crippen LogP contribution in [-0.4, -0.2) is 32.4 Å². The molecule has 2 aromatic carbocycles. The molecule has 0 aromatic heterocycles. The van der Waals surface area contributed by atoms with Gasteiger partial charge in [0.2, 0.25) is 0 Å². The van der Waals surface area contributed by atoms with E-state index in [1.807, 2.05) is 42.5 Å². The van der Waals surface area contributed by atoms with E-state index in [9.17, 15) is 4.79 Å². The number of oxime groups is 1. The van der Waals surface area contributed by atoms with E-state index in [0.717, 1.165) is 30.6 Å². The number of hydrogen-bond donors (Lipinski definition) is 0. The number of para-hydroxylation sites is 2. The molecule has 0 bridgehead atoms. The average molecular weight is 324 g/mol. The smallest absolute Gasteiger partial charge is 0.267 e. The minimum absolute atomic E-state index is 0.0833. The van der Waals surface area contributed by atoms with Gasteiger partial charge in [-0.2, -0.15) is 0 Å². The lowest BCUT2D eigenvalue weighted by Gasteiger charge is -2.28. The maximum Gasteiger partial charge on any atom is 0.267 e. The molecule has 0 atom stereocenters. The fraction of sp³-hybridized carbons (Fsp3) is 0.263. The number of nitrogens with zero attached hydrogens (tertiary/aromatic N) is 2. The molecule has 2 aromatic rings. The van der Waals surface area contributed by atoms with Crippen LogP contribution in [0.25, 0.3) is 0 Å². The second-order valence-electron chi connectivity index (χ2n) is 5.53. The normalized spacial score (nSPS) is 13.6. The molecule has 1 aliphatic rings. The van der Waals surface area contributed by atoms with Gasteiger partial charge in [0.25, 0.3) is 5.91 Å². The van der Waals surface area contributed by atoms with Gasteiger partial charge >= 0.3 is 0 Å². The van der Waals surface area contributed by atoms with Crippen molar-refractivity contribution in [2.45, 2.75) is 12.8 Å². The van der Waals surface area contributed by atoms with E-state index in [0.29, 0.717) is 5.75 Å². The van der Waals surface area contributed by atoms with E-state index in [1.54, 1.807) is 18.2 Å². The molecule has 0 N–H and O–H groups in total. The van der Waals surface area contributed by atoms with Gasteiger partial charge in [-0.25, -0.2) is 0 Å². The van der Waals surface area contributed by atoms with Gasteiger partial charge in [0.1, 0.15) is 5.75 Å². The highest BCUT2D eigenvalue weighted by Crippen LogP contribution is 2.26. The summed E-state index contributed by atoms with van der Waals surface area (Å²) in [7, 11) is 1.60. The van der Waals surface area contributed by atoms with Crippen molar-refractivity contribution >= 4 is 17.8 Å². The highest BCUT2D eigenvalue weighted by atomic mass is 16.6. The summed E-state index contributed by atoms with van der Waals surface area (Å²) >= 11 is 0. The van der Waals surface area contributed by atoms with Gasteiger partial charge in [-0.05, 0) is 36.6 Å². The molecule has 0 spiro atoms. The van der Waals surface area contributed by atoms with Crippen molar-refractivity contribution in [3.63, 3.8) is 0 Å². The minimum atomic E-state index is -0.0840. The van der Waals surface area contributed by atoms with Crippen molar-refractivity contribution in [2.24, 2.45) is 5.16 Å². The topological polar surface area (TPSA) is 51.1 Å². The lowest BCUT2D eigenvalue weighted by atomic mass is 10.0. The highest BCUT2D eigenvalue weighted by molar-refractivity contribution is 5.95. The number of hydrogen-bond acceptors (Lipinski definition) is 4. The zero-order chi connectivity index (χ0) is 16.8. The van der Waals surface area contributed by atoms with Crippen molar-refractivity contribution < 1.29 is 14.4 Å². The first kappa shape index (κ1) is 16.1. The van der Waals surface area contributed by atoms with E-state index >= 15 is 0 Å². The van der Waals surface area contributed by atoms with Crippen LogP contribution in [0, 0.1) is 0 Å². The van der Waals surface area contributed by atoms with Crippen LogP contribution in [0.2, 0.25) is 0 Å². The summed E-state index contributed by atoms with van der Waals surface area (Å²) in [6, 6.07) is 15.5. The van der Waals surface area contributed by atoms with Gasteiger partial charge in [0.05, 0.1) is 13.3 Å². The van der Waals surface area contributed by atoms with Crippen molar-refractivity contribution in [3.8, 4) is 5.75 Å². The van der Waals surface area contributed by atoms with Gasteiger partial charge in [-0.15, -0.1) is 0 Å². The molecular formula is C19H20N2O3. The molecule has 3 rings (SSSR count). The Morgan fingerprint density at radius 1 is 1.21 bits per heavy atom. The second kappa shape index (κ2) is 7.64. The molecule has 1 aliphatic heterocycles. The highest BCUT2D eigenvalue weighted by Gasteiger charge is 2.22. The van der Waals surface area contributed by atoms with Crippen molar-refractivity contribution in [1.29, 1.82) is 0 Å².